The largest absolute Gasteiger partial charge is 0.488 e. The number of rotatable bonds is 4. The van der Waals surface area contributed by atoms with Gasteiger partial charge in [0.25, 0.3) is 0 Å². The molecule has 2 N–H and O–H groups in total. The number of hydrogen-bond donors (Lipinski definition) is 1. The molecule has 0 bridgehead atoms. The Labute approximate surface area is 105 Å². The molecule has 1 rings (SSSR count). The number of hydrogen-bond acceptors (Lipinski definition) is 2. The van der Waals surface area contributed by atoms with E-state index in [1.165, 1.54) is 5.56 Å². The van der Waals surface area contributed by atoms with Gasteiger partial charge in [-0.1, -0.05) is 32.4 Å². The van der Waals surface area contributed by atoms with E-state index < -0.39 is 0 Å². The average Bonchev–Trinajstić information content (AvgIpc) is 2.26. The molecule has 0 amide bonds. The predicted octanol–water partition coefficient (Wildman–Crippen LogP) is 3.91. The van der Waals surface area contributed by atoms with Crippen molar-refractivity contribution in [2.45, 2.75) is 52.7 Å². The Balaban J connectivity index is 2.74. The topological polar surface area (TPSA) is 35.2 Å². The van der Waals surface area contributed by atoms with E-state index in [2.05, 4.69) is 26.0 Å². The molecule has 17 heavy (non-hydrogen) atoms. The van der Waals surface area contributed by atoms with Crippen LogP contribution in [0.2, 0.25) is 0 Å². The molecule has 0 saturated carbocycles. The quantitative estimate of drug-likeness (QED) is 0.858. The van der Waals surface area contributed by atoms with Gasteiger partial charge in [-0.3, -0.25) is 0 Å². The van der Waals surface area contributed by atoms with Gasteiger partial charge in [-0.2, -0.15) is 0 Å². The standard InChI is InChI=1S/C15H25NO/c1-6-11(2)14(16)12-7-9-13(10-8-12)17-15(3,4)5/h7-11,14H,6,16H2,1-5H3/t11?,14-/m1/s1. The molecule has 0 saturated heterocycles. The van der Waals surface area contributed by atoms with Crippen LogP contribution in [0.15, 0.2) is 24.3 Å². The van der Waals surface area contributed by atoms with E-state index in [4.69, 9.17) is 10.5 Å². The highest BCUT2D eigenvalue weighted by Gasteiger charge is 2.14. The molecule has 0 radical (unpaired) electrons. The van der Waals surface area contributed by atoms with Gasteiger partial charge in [0, 0.05) is 6.04 Å². The molecule has 0 heterocycles. The van der Waals surface area contributed by atoms with Crippen molar-refractivity contribution in [3.8, 4) is 5.75 Å². The zero-order valence-electron chi connectivity index (χ0n) is 11.7. The van der Waals surface area contributed by atoms with Gasteiger partial charge in [0.05, 0.1) is 0 Å². The van der Waals surface area contributed by atoms with E-state index in [0.717, 1.165) is 12.2 Å². The van der Waals surface area contributed by atoms with Crippen molar-refractivity contribution in [3.05, 3.63) is 29.8 Å². The Morgan fingerprint density at radius 3 is 2.12 bits per heavy atom. The van der Waals surface area contributed by atoms with Gasteiger partial charge in [0.15, 0.2) is 0 Å². The van der Waals surface area contributed by atoms with Gasteiger partial charge < -0.3 is 10.5 Å². The Morgan fingerprint density at radius 1 is 1.18 bits per heavy atom. The van der Waals surface area contributed by atoms with Crippen LogP contribution in [0.1, 0.15) is 52.6 Å². The van der Waals surface area contributed by atoms with Crippen molar-refractivity contribution in [3.63, 3.8) is 0 Å². The third-order valence-electron chi connectivity index (χ3n) is 2.95. The second-order valence-corrected chi connectivity index (χ2v) is 5.69. The summed E-state index contributed by atoms with van der Waals surface area (Å²) in [5, 5.41) is 0. The van der Waals surface area contributed by atoms with Gasteiger partial charge in [-0.05, 0) is 44.4 Å². The van der Waals surface area contributed by atoms with E-state index in [-0.39, 0.29) is 11.6 Å². The molecular weight excluding hydrogens is 210 g/mol. The van der Waals surface area contributed by atoms with Crippen LogP contribution in [-0.4, -0.2) is 5.60 Å². The van der Waals surface area contributed by atoms with Gasteiger partial charge in [-0.15, -0.1) is 0 Å². The maximum atomic E-state index is 6.19. The van der Waals surface area contributed by atoms with Crippen molar-refractivity contribution < 1.29 is 4.74 Å². The van der Waals surface area contributed by atoms with Crippen LogP contribution in [0.3, 0.4) is 0 Å². The van der Waals surface area contributed by atoms with Crippen LogP contribution in [0.4, 0.5) is 0 Å². The lowest BCUT2D eigenvalue weighted by atomic mass is 9.93. The maximum Gasteiger partial charge on any atom is 0.120 e. The van der Waals surface area contributed by atoms with Crippen molar-refractivity contribution in [1.29, 1.82) is 0 Å². The molecule has 2 nitrogen and oxygen atoms in total. The molecular formula is C15H25NO. The summed E-state index contributed by atoms with van der Waals surface area (Å²) in [5.41, 5.74) is 7.21. The lowest BCUT2D eigenvalue weighted by molar-refractivity contribution is 0.131. The van der Waals surface area contributed by atoms with Gasteiger partial charge in [0.1, 0.15) is 11.4 Å². The second-order valence-electron chi connectivity index (χ2n) is 5.69. The Bertz CT molecular complexity index is 337. The van der Waals surface area contributed by atoms with Crippen LogP contribution in [-0.2, 0) is 0 Å². The van der Waals surface area contributed by atoms with Gasteiger partial charge >= 0.3 is 0 Å². The Morgan fingerprint density at radius 2 is 1.71 bits per heavy atom. The minimum absolute atomic E-state index is 0.115. The third kappa shape index (κ3) is 4.39. The first-order valence-corrected chi connectivity index (χ1v) is 6.38. The highest BCUT2D eigenvalue weighted by molar-refractivity contribution is 5.29. The lowest BCUT2D eigenvalue weighted by Crippen LogP contribution is -2.23. The predicted molar refractivity (Wildman–Crippen MR) is 73.2 cm³/mol. The van der Waals surface area contributed by atoms with Crippen molar-refractivity contribution in [2.75, 3.05) is 0 Å². The van der Waals surface area contributed by atoms with E-state index >= 15 is 0 Å². The molecule has 0 aliphatic rings. The van der Waals surface area contributed by atoms with Gasteiger partial charge in [0.2, 0.25) is 0 Å². The van der Waals surface area contributed by atoms with Crippen LogP contribution in [0.5, 0.6) is 5.75 Å². The zero-order valence-corrected chi connectivity index (χ0v) is 11.7. The van der Waals surface area contributed by atoms with E-state index in [9.17, 15) is 0 Å². The summed E-state index contributed by atoms with van der Waals surface area (Å²) in [7, 11) is 0. The van der Waals surface area contributed by atoms with Crippen molar-refractivity contribution >= 4 is 0 Å². The van der Waals surface area contributed by atoms with Crippen LogP contribution in [0.25, 0.3) is 0 Å². The van der Waals surface area contributed by atoms with Crippen LogP contribution < -0.4 is 10.5 Å². The fraction of sp³-hybridized carbons (Fsp3) is 0.600. The summed E-state index contributed by atoms with van der Waals surface area (Å²) < 4.78 is 5.78. The summed E-state index contributed by atoms with van der Waals surface area (Å²) >= 11 is 0. The van der Waals surface area contributed by atoms with Crippen LogP contribution >= 0.6 is 0 Å². The summed E-state index contributed by atoms with van der Waals surface area (Å²) in [5.74, 6) is 1.40. The molecule has 1 unspecified atom stereocenters. The molecule has 2 heteroatoms. The third-order valence-corrected chi connectivity index (χ3v) is 2.95. The molecule has 0 aliphatic carbocycles. The first-order valence-electron chi connectivity index (χ1n) is 6.38. The SMILES string of the molecule is CCC(C)[C@@H](N)c1ccc(OC(C)(C)C)cc1. The normalized spacial score (nSPS) is 15.4. The molecule has 0 aliphatic heterocycles. The monoisotopic (exact) mass is 235 g/mol. The molecule has 1 aromatic carbocycles. The van der Waals surface area contributed by atoms with Crippen molar-refractivity contribution in [2.24, 2.45) is 11.7 Å². The minimum Gasteiger partial charge on any atom is -0.488 e. The van der Waals surface area contributed by atoms with Crippen molar-refractivity contribution in [1.82, 2.24) is 0 Å². The first-order chi connectivity index (χ1) is 7.83. The summed E-state index contributed by atoms with van der Waals surface area (Å²) in [6.45, 7) is 10.5. The summed E-state index contributed by atoms with van der Waals surface area (Å²) in [6.07, 6.45) is 1.10. The Hall–Kier alpha value is -1.02. The fourth-order valence-corrected chi connectivity index (χ4v) is 1.69. The highest BCUT2D eigenvalue weighted by atomic mass is 16.5. The fourth-order valence-electron chi connectivity index (χ4n) is 1.69. The maximum absolute atomic E-state index is 6.19. The number of benzene rings is 1. The van der Waals surface area contributed by atoms with Gasteiger partial charge in [-0.25, -0.2) is 0 Å². The zero-order chi connectivity index (χ0) is 13.1. The van der Waals surface area contributed by atoms with E-state index in [1.807, 2.05) is 32.9 Å². The molecule has 2 atom stereocenters. The molecule has 0 aromatic heterocycles. The number of nitrogens with two attached hydrogens (primary N) is 1. The second kappa shape index (κ2) is 5.54. The molecule has 0 spiro atoms. The van der Waals surface area contributed by atoms with E-state index in [0.29, 0.717) is 5.92 Å². The summed E-state index contributed by atoms with van der Waals surface area (Å²) in [4.78, 5) is 0. The molecule has 1 aromatic rings. The highest BCUT2D eigenvalue weighted by Crippen LogP contribution is 2.25. The summed E-state index contributed by atoms with van der Waals surface area (Å²) in [6, 6.07) is 8.25. The minimum atomic E-state index is -0.152. The molecule has 0 fully saturated rings. The Kier molecular flexibility index (Phi) is 4.58. The first kappa shape index (κ1) is 14.0. The molecule has 96 valence electrons. The lowest BCUT2D eigenvalue weighted by Gasteiger charge is -2.22. The van der Waals surface area contributed by atoms with Crippen LogP contribution in [0, 0.1) is 5.92 Å². The average molecular weight is 235 g/mol. The van der Waals surface area contributed by atoms with E-state index in [1.54, 1.807) is 0 Å². The number of ether oxygens (including phenoxy) is 1. The smallest absolute Gasteiger partial charge is 0.120 e.